The fraction of sp³-hybridized carbons (Fsp3) is 0.500. The van der Waals surface area contributed by atoms with Gasteiger partial charge in [0.15, 0.2) is 0 Å². The minimum absolute atomic E-state index is 0.0203. The van der Waals surface area contributed by atoms with Crippen LogP contribution in [0.1, 0.15) is 36.7 Å². The van der Waals surface area contributed by atoms with Gasteiger partial charge in [-0.25, -0.2) is 0 Å². The third kappa shape index (κ3) is 3.42. The van der Waals surface area contributed by atoms with Gasteiger partial charge in [0.25, 0.3) is 5.91 Å². The summed E-state index contributed by atoms with van der Waals surface area (Å²) < 4.78 is 0. The van der Waals surface area contributed by atoms with E-state index in [-0.39, 0.29) is 18.4 Å². The average Bonchev–Trinajstić information content (AvgIpc) is 2.78. The van der Waals surface area contributed by atoms with E-state index in [2.05, 4.69) is 0 Å². The largest absolute Gasteiger partial charge is 0.389 e. The van der Waals surface area contributed by atoms with Crippen LogP contribution in [0, 0.1) is 0 Å². The Hall–Kier alpha value is -1.88. The molecule has 21 heavy (non-hydrogen) atoms. The van der Waals surface area contributed by atoms with Crippen LogP contribution in [0.15, 0.2) is 18.2 Å². The molecule has 0 atom stereocenters. The van der Waals surface area contributed by atoms with Crippen LogP contribution in [0.3, 0.4) is 0 Å². The first-order chi connectivity index (χ1) is 9.69. The molecule has 2 rings (SSSR count). The number of hydrogen-bond acceptors (Lipinski definition) is 3. The minimum atomic E-state index is -0.924. The van der Waals surface area contributed by atoms with Gasteiger partial charge in [-0.1, -0.05) is 0 Å². The zero-order valence-corrected chi connectivity index (χ0v) is 13.0. The van der Waals surface area contributed by atoms with Gasteiger partial charge in [-0.3, -0.25) is 9.59 Å². The van der Waals surface area contributed by atoms with Crippen LogP contribution < -0.4 is 4.90 Å². The van der Waals surface area contributed by atoms with Crippen molar-refractivity contribution in [2.24, 2.45) is 0 Å². The summed E-state index contributed by atoms with van der Waals surface area (Å²) in [6.45, 7) is 5.82. The second-order valence-electron chi connectivity index (χ2n) is 6.24. The summed E-state index contributed by atoms with van der Waals surface area (Å²) >= 11 is 0. The first-order valence-electron chi connectivity index (χ1n) is 7.08. The van der Waals surface area contributed by atoms with Crippen LogP contribution in [0.4, 0.5) is 5.69 Å². The molecule has 0 saturated heterocycles. The number of anilines is 1. The number of hydrogen-bond donors (Lipinski definition) is 1. The van der Waals surface area contributed by atoms with Gasteiger partial charge in [0, 0.05) is 38.3 Å². The molecule has 2 amide bonds. The normalized spacial score (nSPS) is 14.0. The average molecular weight is 290 g/mol. The molecule has 0 aliphatic carbocycles. The molecule has 1 aromatic carbocycles. The third-order valence-electron chi connectivity index (χ3n) is 3.57. The maximum Gasteiger partial charge on any atom is 0.253 e. The number of carbonyl (C=O) groups is 2. The molecule has 0 radical (unpaired) electrons. The third-order valence-corrected chi connectivity index (χ3v) is 3.57. The summed E-state index contributed by atoms with van der Waals surface area (Å²) in [5.74, 6) is -0.104. The summed E-state index contributed by atoms with van der Waals surface area (Å²) in [6.07, 6.45) is 0.769. The molecule has 0 spiro atoms. The summed E-state index contributed by atoms with van der Waals surface area (Å²) in [4.78, 5) is 27.1. The minimum Gasteiger partial charge on any atom is -0.389 e. The molecular weight excluding hydrogens is 268 g/mol. The highest BCUT2D eigenvalue weighted by molar-refractivity contribution is 5.97. The van der Waals surface area contributed by atoms with Gasteiger partial charge in [0.05, 0.1) is 5.60 Å². The van der Waals surface area contributed by atoms with Crippen molar-refractivity contribution in [1.82, 2.24) is 4.90 Å². The molecule has 0 aromatic heterocycles. The molecular formula is C16H22N2O3. The Morgan fingerprint density at radius 1 is 1.38 bits per heavy atom. The predicted octanol–water partition coefficient (Wildman–Crippen LogP) is 1.44. The molecule has 0 fully saturated rings. The molecule has 5 heteroatoms. The lowest BCUT2D eigenvalue weighted by atomic mass is 10.1. The molecule has 0 saturated carbocycles. The van der Waals surface area contributed by atoms with Crippen molar-refractivity contribution < 1.29 is 14.7 Å². The Morgan fingerprint density at radius 2 is 2.05 bits per heavy atom. The number of rotatable bonds is 3. The number of benzene rings is 1. The highest BCUT2D eigenvalue weighted by Crippen LogP contribution is 2.29. The number of carbonyl (C=O) groups excluding carboxylic acids is 2. The molecule has 1 N–H and O–H groups in total. The van der Waals surface area contributed by atoms with Crippen molar-refractivity contribution in [2.45, 2.75) is 32.8 Å². The van der Waals surface area contributed by atoms with Gasteiger partial charge in [-0.15, -0.1) is 0 Å². The van der Waals surface area contributed by atoms with Crippen molar-refractivity contribution in [2.75, 3.05) is 25.0 Å². The van der Waals surface area contributed by atoms with Crippen molar-refractivity contribution >= 4 is 17.5 Å². The van der Waals surface area contributed by atoms with Gasteiger partial charge >= 0.3 is 0 Å². The topological polar surface area (TPSA) is 60.9 Å². The summed E-state index contributed by atoms with van der Waals surface area (Å²) in [5, 5.41) is 9.80. The Labute approximate surface area is 125 Å². The van der Waals surface area contributed by atoms with Crippen LogP contribution in [0.25, 0.3) is 0 Å². The number of aliphatic hydroxyl groups is 1. The van der Waals surface area contributed by atoms with Crippen molar-refractivity contribution in [3.63, 3.8) is 0 Å². The summed E-state index contributed by atoms with van der Waals surface area (Å²) in [6, 6.07) is 5.42. The van der Waals surface area contributed by atoms with Gasteiger partial charge in [-0.2, -0.15) is 0 Å². The number of amides is 2. The van der Waals surface area contributed by atoms with Crippen LogP contribution in [-0.2, 0) is 11.2 Å². The maximum atomic E-state index is 12.4. The standard InChI is InChI=1S/C16H22N2O3/c1-11(19)18-8-7-12-9-13(5-6-14(12)18)15(20)17(4)10-16(2,3)21/h5-6,9,21H,7-8,10H2,1-4H3. The summed E-state index contributed by atoms with van der Waals surface area (Å²) in [5.41, 5.74) is 1.58. The first-order valence-corrected chi connectivity index (χ1v) is 7.08. The fourth-order valence-electron chi connectivity index (χ4n) is 2.73. The smallest absolute Gasteiger partial charge is 0.253 e. The molecule has 1 aliphatic heterocycles. The van der Waals surface area contributed by atoms with Gasteiger partial charge in [-0.05, 0) is 44.0 Å². The van der Waals surface area contributed by atoms with E-state index in [9.17, 15) is 14.7 Å². The molecule has 5 nitrogen and oxygen atoms in total. The lowest BCUT2D eigenvalue weighted by molar-refractivity contribution is -0.116. The van der Waals surface area contributed by atoms with E-state index in [1.807, 2.05) is 12.1 Å². The Balaban J connectivity index is 2.20. The Morgan fingerprint density at radius 3 is 2.62 bits per heavy atom. The molecule has 114 valence electrons. The molecule has 0 unspecified atom stereocenters. The lowest BCUT2D eigenvalue weighted by Crippen LogP contribution is -2.39. The second-order valence-corrected chi connectivity index (χ2v) is 6.24. The van der Waals surface area contributed by atoms with E-state index in [0.717, 1.165) is 17.7 Å². The number of likely N-dealkylation sites (N-methyl/N-ethyl adjacent to an activating group) is 1. The molecule has 1 aromatic rings. The first kappa shape index (κ1) is 15.5. The fourth-order valence-corrected chi connectivity index (χ4v) is 2.73. The summed E-state index contributed by atoms with van der Waals surface area (Å²) in [7, 11) is 1.68. The van der Waals surface area contributed by atoms with Crippen molar-refractivity contribution in [3.05, 3.63) is 29.3 Å². The van der Waals surface area contributed by atoms with Crippen molar-refractivity contribution in [3.8, 4) is 0 Å². The van der Waals surface area contributed by atoms with E-state index >= 15 is 0 Å². The van der Waals surface area contributed by atoms with Crippen LogP contribution in [0.5, 0.6) is 0 Å². The molecule has 1 heterocycles. The van der Waals surface area contributed by atoms with E-state index in [4.69, 9.17) is 0 Å². The Bertz CT molecular complexity index is 575. The highest BCUT2D eigenvalue weighted by Gasteiger charge is 2.25. The zero-order chi connectivity index (χ0) is 15.8. The molecule has 0 bridgehead atoms. The van der Waals surface area contributed by atoms with Gasteiger partial charge < -0.3 is 14.9 Å². The van der Waals surface area contributed by atoms with Crippen LogP contribution in [0.2, 0.25) is 0 Å². The van der Waals surface area contributed by atoms with Gasteiger partial charge in [0.2, 0.25) is 5.91 Å². The second kappa shape index (κ2) is 5.48. The quantitative estimate of drug-likeness (QED) is 0.916. The maximum absolute atomic E-state index is 12.4. The van der Waals surface area contributed by atoms with E-state index < -0.39 is 5.60 Å². The van der Waals surface area contributed by atoms with Crippen molar-refractivity contribution in [1.29, 1.82) is 0 Å². The Kier molecular flexibility index (Phi) is 4.05. The highest BCUT2D eigenvalue weighted by atomic mass is 16.3. The van der Waals surface area contributed by atoms with Crippen LogP contribution >= 0.6 is 0 Å². The van der Waals surface area contributed by atoms with E-state index in [0.29, 0.717) is 12.1 Å². The van der Waals surface area contributed by atoms with Crippen LogP contribution in [-0.4, -0.2) is 47.6 Å². The SMILES string of the molecule is CC(=O)N1CCc2cc(C(=O)N(C)CC(C)(C)O)ccc21. The van der Waals surface area contributed by atoms with E-state index in [1.54, 1.807) is 38.8 Å². The zero-order valence-electron chi connectivity index (χ0n) is 13.0. The predicted molar refractivity (Wildman–Crippen MR) is 81.4 cm³/mol. The lowest BCUT2D eigenvalue weighted by Gasteiger charge is -2.25. The number of nitrogens with zero attached hydrogens (tertiary/aromatic N) is 2. The molecule has 1 aliphatic rings. The van der Waals surface area contributed by atoms with Gasteiger partial charge in [0.1, 0.15) is 0 Å². The monoisotopic (exact) mass is 290 g/mol. The number of fused-ring (bicyclic) bond motifs is 1. The van der Waals surface area contributed by atoms with E-state index in [1.165, 1.54) is 4.90 Å².